The molecule has 1 aromatic carbocycles. The van der Waals surface area contributed by atoms with E-state index in [2.05, 4.69) is 39.6 Å². The van der Waals surface area contributed by atoms with E-state index in [1.807, 2.05) is 38.2 Å². The first-order chi connectivity index (χ1) is 14.9. The first-order valence-electron chi connectivity index (χ1n) is 10.3. The number of allylic oxidation sites excluding steroid dienone is 1. The highest BCUT2D eigenvalue weighted by Crippen LogP contribution is 2.24. The number of amides is 2. The van der Waals surface area contributed by atoms with E-state index in [0.29, 0.717) is 25.3 Å². The predicted octanol–water partition coefficient (Wildman–Crippen LogP) is 3.66. The Morgan fingerprint density at radius 3 is 2.77 bits per heavy atom. The molecule has 0 saturated carbocycles. The molecule has 0 saturated heterocycles. The zero-order chi connectivity index (χ0) is 22.4. The Kier molecular flexibility index (Phi) is 7.07. The number of nitrogens with one attached hydrogen (secondary N) is 2. The number of hydrogen-bond acceptors (Lipinski definition) is 5. The van der Waals surface area contributed by atoms with Crippen LogP contribution in [-0.2, 0) is 9.59 Å². The lowest BCUT2D eigenvalue weighted by molar-refractivity contribution is -0.124. The number of rotatable bonds is 6. The van der Waals surface area contributed by atoms with Crippen LogP contribution in [0.15, 0.2) is 54.4 Å². The number of hydrogen-bond donors (Lipinski definition) is 2. The van der Waals surface area contributed by atoms with Gasteiger partial charge in [-0.3, -0.25) is 9.59 Å². The van der Waals surface area contributed by atoms with Crippen LogP contribution in [0.2, 0.25) is 0 Å². The van der Waals surface area contributed by atoms with Crippen LogP contribution in [-0.4, -0.2) is 48.9 Å². The second kappa shape index (κ2) is 9.93. The summed E-state index contributed by atoms with van der Waals surface area (Å²) in [4.78, 5) is 32.4. The molecule has 1 aromatic heterocycles. The molecule has 2 heterocycles. The summed E-state index contributed by atoms with van der Waals surface area (Å²) in [6.07, 6.45) is 7.34. The summed E-state index contributed by atoms with van der Waals surface area (Å²) in [6, 6.07) is 10.1. The molecule has 0 fully saturated rings. The fraction of sp³-hybridized carbons (Fsp3) is 0.292. The summed E-state index contributed by atoms with van der Waals surface area (Å²) in [5, 5.41) is 5.95. The molecule has 1 aliphatic heterocycles. The number of pyridine rings is 1. The smallest absolute Gasteiger partial charge is 0.246 e. The number of carbonyl (C=O) groups excluding carboxylic acids is 2. The van der Waals surface area contributed by atoms with E-state index in [1.54, 1.807) is 30.3 Å². The lowest BCUT2D eigenvalue weighted by atomic mass is 10.1. The number of aryl methyl sites for hydroxylation is 1. The summed E-state index contributed by atoms with van der Waals surface area (Å²) in [7, 11) is 3.80. The van der Waals surface area contributed by atoms with Crippen LogP contribution in [0.3, 0.4) is 0 Å². The maximum absolute atomic E-state index is 12.7. The van der Waals surface area contributed by atoms with Crippen LogP contribution in [0.1, 0.15) is 24.5 Å². The molecule has 2 aromatic rings. The molecule has 0 unspecified atom stereocenters. The number of fused-ring (bicyclic) bond motifs is 1. The summed E-state index contributed by atoms with van der Waals surface area (Å²) >= 11 is 0. The Hall–Kier alpha value is -3.61. The first kappa shape index (κ1) is 22.1. The fourth-order valence-electron chi connectivity index (χ4n) is 3.41. The van der Waals surface area contributed by atoms with E-state index in [4.69, 9.17) is 0 Å². The Labute approximate surface area is 183 Å². The van der Waals surface area contributed by atoms with Gasteiger partial charge in [0.05, 0.1) is 12.2 Å². The highest BCUT2D eigenvalue weighted by molar-refractivity contribution is 5.95. The van der Waals surface area contributed by atoms with Crippen LogP contribution < -0.4 is 15.5 Å². The van der Waals surface area contributed by atoms with Crippen LogP contribution in [0, 0.1) is 6.92 Å². The SMILES string of the molecule is C/C=C(/CN(C)C(=O)/C=C/c1cnc2c(c1)NCCC(=O)N2)N(C)c1ccccc1C. The van der Waals surface area contributed by atoms with Gasteiger partial charge in [-0.2, -0.15) is 0 Å². The number of para-hydroxylation sites is 1. The van der Waals surface area contributed by atoms with Crippen molar-refractivity contribution >= 4 is 35.1 Å². The maximum atomic E-state index is 12.7. The predicted molar refractivity (Wildman–Crippen MR) is 126 cm³/mol. The van der Waals surface area contributed by atoms with Crippen molar-refractivity contribution in [1.82, 2.24) is 9.88 Å². The van der Waals surface area contributed by atoms with Gasteiger partial charge in [0.2, 0.25) is 11.8 Å². The third kappa shape index (κ3) is 5.51. The number of benzene rings is 1. The van der Waals surface area contributed by atoms with Crippen molar-refractivity contribution in [2.45, 2.75) is 20.3 Å². The Morgan fingerprint density at radius 1 is 1.26 bits per heavy atom. The van der Waals surface area contributed by atoms with Crippen molar-refractivity contribution in [3.63, 3.8) is 0 Å². The highest BCUT2D eigenvalue weighted by atomic mass is 16.2. The van der Waals surface area contributed by atoms with Crippen LogP contribution >= 0.6 is 0 Å². The van der Waals surface area contributed by atoms with E-state index in [1.165, 1.54) is 5.56 Å². The maximum Gasteiger partial charge on any atom is 0.246 e. The molecule has 3 rings (SSSR count). The van der Waals surface area contributed by atoms with Gasteiger partial charge in [0.25, 0.3) is 0 Å². The molecular weight excluding hydrogens is 390 g/mol. The minimum atomic E-state index is -0.103. The highest BCUT2D eigenvalue weighted by Gasteiger charge is 2.15. The van der Waals surface area contributed by atoms with Crippen molar-refractivity contribution in [2.75, 3.05) is 42.7 Å². The molecule has 31 heavy (non-hydrogen) atoms. The standard InChI is InChI=1S/C24H29N5O2/c1-5-19(29(4)21-9-7-6-8-17(21)2)16-28(3)23(31)11-10-18-14-20-24(26-15-18)27-22(30)12-13-25-20/h5-11,14-15,25H,12-13,16H2,1-4H3,(H,26,27,30)/b11-10+,19-5-. The van der Waals surface area contributed by atoms with Crippen molar-refractivity contribution in [3.8, 4) is 0 Å². The van der Waals surface area contributed by atoms with Crippen molar-refractivity contribution < 1.29 is 9.59 Å². The molecular formula is C24H29N5O2. The van der Waals surface area contributed by atoms with Crippen molar-refractivity contribution in [1.29, 1.82) is 0 Å². The summed E-state index contributed by atoms with van der Waals surface area (Å²) in [5.41, 5.74) is 4.86. The second-order valence-corrected chi connectivity index (χ2v) is 7.54. The van der Waals surface area contributed by atoms with Gasteiger partial charge in [-0.1, -0.05) is 24.3 Å². The second-order valence-electron chi connectivity index (χ2n) is 7.54. The van der Waals surface area contributed by atoms with Gasteiger partial charge >= 0.3 is 0 Å². The quantitative estimate of drug-likeness (QED) is 0.699. The van der Waals surface area contributed by atoms with Crippen molar-refractivity contribution in [2.24, 2.45) is 0 Å². The number of nitrogens with zero attached hydrogens (tertiary/aromatic N) is 3. The molecule has 162 valence electrons. The molecule has 0 spiro atoms. The monoisotopic (exact) mass is 419 g/mol. The normalized spacial score (nSPS) is 13.8. The molecule has 1 aliphatic rings. The van der Waals surface area contributed by atoms with Gasteiger partial charge in [0.15, 0.2) is 5.82 Å². The Morgan fingerprint density at radius 2 is 2.03 bits per heavy atom. The largest absolute Gasteiger partial charge is 0.382 e. The third-order valence-electron chi connectivity index (χ3n) is 5.27. The van der Waals surface area contributed by atoms with Crippen LogP contribution in [0.4, 0.5) is 17.2 Å². The number of aromatic nitrogens is 1. The van der Waals surface area contributed by atoms with Crippen LogP contribution in [0.5, 0.6) is 0 Å². The average molecular weight is 420 g/mol. The number of likely N-dealkylation sites (N-methyl/N-ethyl adjacent to an activating group) is 2. The summed E-state index contributed by atoms with van der Waals surface area (Å²) < 4.78 is 0. The van der Waals surface area contributed by atoms with Gasteiger partial charge in [0, 0.05) is 50.7 Å². The van der Waals surface area contributed by atoms with Gasteiger partial charge in [-0.25, -0.2) is 4.98 Å². The topological polar surface area (TPSA) is 77.6 Å². The van der Waals surface area contributed by atoms with Gasteiger partial charge in [0.1, 0.15) is 0 Å². The number of anilines is 3. The molecule has 2 N–H and O–H groups in total. The van der Waals surface area contributed by atoms with Crippen LogP contribution in [0.25, 0.3) is 6.08 Å². The van der Waals surface area contributed by atoms with Gasteiger partial charge in [-0.05, 0) is 43.2 Å². The third-order valence-corrected chi connectivity index (χ3v) is 5.27. The van der Waals surface area contributed by atoms with Gasteiger partial charge < -0.3 is 20.4 Å². The Balaban J connectivity index is 1.66. The lowest BCUT2D eigenvalue weighted by Gasteiger charge is -2.27. The van der Waals surface area contributed by atoms with E-state index >= 15 is 0 Å². The minimum Gasteiger partial charge on any atom is -0.382 e. The first-order valence-corrected chi connectivity index (χ1v) is 10.3. The molecule has 7 heteroatoms. The summed E-state index contributed by atoms with van der Waals surface area (Å²) in [6.45, 7) is 5.09. The fourth-order valence-corrected chi connectivity index (χ4v) is 3.41. The Bertz CT molecular complexity index is 1030. The van der Waals surface area contributed by atoms with E-state index in [9.17, 15) is 9.59 Å². The zero-order valence-corrected chi connectivity index (χ0v) is 18.5. The van der Waals surface area contributed by atoms with Crippen molar-refractivity contribution in [3.05, 3.63) is 65.5 Å². The van der Waals surface area contributed by atoms with E-state index in [-0.39, 0.29) is 11.8 Å². The summed E-state index contributed by atoms with van der Waals surface area (Å²) in [5.74, 6) is 0.350. The van der Waals surface area contributed by atoms with E-state index < -0.39 is 0 Å². The van der Waals surface area contributed by atoms with Gasteiger partial charge in [-0.15, -0.1) is 0 Å². The number of carbonyl (C=O) groups is 2. The molecule has 7 nitrogen and oxygen atoms in total. The molecule has 0 radical (unpaired) electrons. The minimum absolute atomic E-state index is 0.0608. The molecule has 2 amide bonds. The lowest BCUT2D eigenvalue weighted by Crippen LogP contribution is -2.32. The molecule has 0 aliphatic carbocycles. The average Bonchev–Trinajstić information content (AvgIpc) is 2.95. The zero-order valence-electron chi connectivity index (χ0n) is 18.5. The molecule has 0 bridgehead atoms. The van der Waals surface area contributed by atoms with E-state index in [0.717, 1.165) is 22.6 Å². The molecule has 0 atom stereocenters.